The molecule has 1 heterocycles. The van der Waals surface area contributed by atoms with E-state index in [0.717, 1.165) is 26.0 Å². The number of benzene rings is 1. The van der Waals surface area contributed by atoms with Gasteiger partial charge in [0.1, 0.15) is 0 Å². The number of halogens is 1. The van der Waals surface area contributed by atoms with E-state index in [1.807, 2.05) is 43.5 Å². The number of hydrogen-bond donors (Lipinski definition) is 0. The number of rotatable bonds is 2. The molecule has 0 aliphatic carbocycles. The lowest BCUT2D eigenvalue weighted by Crippen LogP contribution is -2.03. The summed E-state index contributed by atoms with van der Waals surface area (Å²) < 4.78 is 0.987. The Morgan fingerprint density at radius 2 is 2.06 bits per heavy atom. The van der Waals surface area contributed by atoms with Gasteiger partial charge in [0.05, 0.1) is 3.79 Å². The minimum absolute atomic E-state index is 0.100. The lowest BCUT2D eigenvalue weighted by atomic mass is 9.98. The number of aryl methyl sites for hydroxylation is 1. The average molecular weight is 295 g/mol. The van der Waals surface area contributed by atoms with Gasteiger partial charge >= 0.3 is 0 Å². The second kappa shape index (κ2) is 4.52. The fourth-order valence-corrected chi connectivity index (χ4v) is 2.72. The maximum atomic E-state index is 12.2. The van der Waals surface area contributed by atoms with E-state index in [1.54, 1.807) is 0 Å². The van der Waals surface area contributed by atoms with Gasteiger partial charge in [-0.3, -0.25) is 4.79 Å². The van der Waals surface area contributed by atoms with Crippen LogP contribution in [0.1, 0.15) is 27.0 Å². The highest BCUT2D eigenvalue weighted by atomic mass is 79.9. The quantitative estimate of drug-likeness (QED) is 0.752. The van der Waals surface area contributed by atoms with Gasteiger partial charge in [-0.2, -0.15) is 0 Å². The second-order valence-electron chi connectivity index (χ2n) is 3.72. The van der Waals surface area contributed by atoms with Crippen LogP contribution in [0.25, 0.3) is 0 Å². The van der Waals surface area contributed by atoms with Gasteiger partial charge in [0.25, 0.3) is 0 Å². The van der Waals surface area contributed by atoms with E-state index in [2.05, 4.69) is 15.9 Å². The summed E-state index contributed by atoms with van der Waals surface area (Å²) in [7, 11) is 0. The summed E-state index contributed by atoms with van der Waals surface area (Å²) in [5.74, 6) is 0.100. The van der Waals surface area contributed by atoms with Gasteiger partial charge in [0.15, 0.2) is 5.78 Å². The van der Waals surface area contributed by atoms with Gasteiger partial charge in [-0.15, -0.1) is 11.3 Å². The molecular formula is C13H11BrOS. The maximum absolute atomic E-state index is 12.2. The Morgan fingerprint density at radius 1 is 1.31 bits per heavy atom. The normalized spacial score (nSPS) is 10.4. The first-order chi connectivity index (χ1) is 7.59. The lowest BCUT2D eigenvalue weighted by molar-refractivity contribution is 0.103. The van der Waals surface area contributed by atoms with Crippen molar-refractivity contribution in [2.75, 3.05) is 0 Å². The number of carbonyl (C=O) groups excluding carboxylic acids is 1. The van der Waals surface area contributed by atoms with E-state index in [1.165, 1.54) is 11.3 Å². The molecule has 0 amide bonds. The van der Waals surface area contributed by atoms with Gasteiger partial charge in [-0.1, -0.05) is 18.2 Å². The third-order valence-corrected chi connectivity index (χ3v) is 4.18. The zero-order valence-corrected chi connectivity index (χ0v) is 11.5. The first-order valence-electron chi connectivity index (χ1n) is 4.94. The Hall–Kier alpha value is -0.930. The molecule has 1 aromatic carbocycles. The average Bonchev–Trinajstić information content (AvgIpc) is 2.68. The number of hydrogen-bond acceptors (Lipinski definition) is 2. The molecule has 0 spiro atoms. The van der Waals surface area contributed by atoms with Crippen molar-refractivity contribution in [3.63, 3.8) is 0 Å². The minimum atomic E-state index is 0.100. The van der Waals surface area contributed by atoms with Crippen LogP contribution in [0.15, 0.2) is 33.4 Å². The maximum Gasteiger partial charge on any atom is 0.194 e. The van der Waals surface area contributed by atoms with Crippen LogP contribution in [0.2, 0.25) is 0 Å². The zero-order valence-electron chi connectivity index (χ0n) is 9.08. The summed E-state index contributed by atoms with van der Waals surface area (Å²) >= 11 is 4.91. The first-order valence-corrected chi connectivity index (χ1v) is 6.62. The lowest BCUT2D eigenvalue weighted by Gasteiger charge is -2.06. The van der Waals surface area contributed by atoms with E-state index in [0.29, 0.717) is 0 Å². The number of ketones is 1. The topological polar surface area (TPSA) is 17.1 Å². The molecule has 1 nitrogen and oxygen atoms in total. The highest BCUT2D eigenvalue weighted by molar-refractivity contribution is 9.11. The zero-order chi connectivity index (χ0) is 11.7. The summed E-state index contributed by atoms with van der Waals surface area (Å²) in [5, 5.41) is 1.88. The van der Waals surface area contributed by atoms with Crippen LogP contribution in [0, 0.1) is 13.8 Å². The molecule has 0 saturated carbocycles. The Labute approximate surface area is 107 Å². The van der Waals surface area contributed by atoms with Crippen molar-refractivity contribution in [3.05, 3.63) is 55.7 Å². The molecule has 0 fully saturated rings. The van der Waals surface area contributed by atoms with Crippen molar-refractivity contribution in [3.8, 4) is 0 Å². The van der Waals surface area contributed by atoms with Gasteiger partial charge in [-0.25, -0.2) is 0 Å². The monoisotopic (exact) mass is 294 g/mol. The summed E-state index contributed by atoms with van der Waals surface area (Å²) in [4.78, 5) is 12.2. The van der Waals surface area contributed by atoms with Crippen LogP contribution in [-0.4, -0.2) is 5.78 Å². The fraction of sp³-hybridized carbons (Fsp3) is 0.154. The van der Waals surface area contributed by atoms with Crippen LogP contribution >= 0.6 is 27.3 Å². The Balaban J connectivity index is 2.45. The van der Waals surface area contributed by atoms with E-state index in [-0.39, 0.29) is 5.78 Å². The molecule has 0 atom stereocenters. The molecule has 0 saturated heterocycles. The van der Waals surface area contributed by atoms with Gasteiger partial charge in [0.2, 0.25) is 0 Å². The molecule has 3 heteroatoms. The summed E-state index contributed by atoms with van der Waals surface area (Å²) in [6.45, 7) is 4.01. The van der Waals surface area contributed by atoms with Crippen molar-refractivity contribution in [2.24, 2.45) is 0 Å². The highest BCUT2D eigenvalue weighted by Gasteiger charge is 2.13. The molecule has 1 aromatic heterocycles. The van der Waals surface area contributed by atoms with E-state index in [4.69, 9.17) is 0 Å². The third kappa shape index (κ3) is 2.11. The molecule has 0 N–H and O–H groups in total. The summed E-state index contributed by atoms with van der Waals surface area (Å²) in [6, 6.07) is 7.71. The summed E-state index contributed by atoms with van der Waals surface area (Å²) in [5.41, 5.74) is 3.77. The molecule has 2 aromatic rings. The third-order valence-electron chi connectivity index (χ3n) is 2.68. The van der Waals surface area contributed by atoms with Crippen molar-refractivity contribution < 1.29 is 4.79 Å². The summed E-state index contributed by atoms with van der Waals surface area (Å²) in [6.07, 6.45) is 0. The fourth-order valence-electron chi connectivity index (χ4n) is 1.58. The Morgan fingerprint density at radius 3 is 2.69 bits per heavy atom. The van der Waals surface area contributed by atoms with Gasteiger partial charge in [0, 0.05) is 16.5 Å². The predicted molar refractivity (Wildman–Crippen MR) is 71.4 cm³/mol. The minimum Gasteiger partial charge on any atom is -0.289 e. The molecule has 0 aliphatic rings. The van der Waals surface area contributed by atoms with Gasteiger partial charge in [-0.05, 0) is 47.0 Å². The molecule has 0 bridgehead atoms. The number of thiophene rings is 1. The highest BCUT2D eigenvalue weighted by Crippen LogP contribution is 2.24. The van der Waals surface area contributed by atoms with E-state index < -0.39 is 0 Å². The van der Waals surface area contributed by atoms with Crippen LogP contribution in [-0.2, 0) is 0 Å². The van der Waals surface area contributed by atoms with E-state index in [9.17, 15) is 4.79 Å². The first kappa shape index (κ1) is 11.6. The van der Waals surface area contributed by atoms with Crippen LogP contribution in [0.3, 0.4) is 0 Å². The second-order valence-corrected chi connectivity index (χ2v) is 6.01. The molecular weight excluding hydrogens is 284 g/mol. The largest absolute Gasteiger partial charge is 0.289 e. The molecule has 2 rings (SSSR count). The molecule has 82 valence electrons. The van der Waals surface area contributed by atoms with Crippen LogP contribution < -0.4 is 0 Å². The van der Waals surface area contributed by atoms with Gasteiger partial charge < -0.3 is 0 Å². The van der Waals surface area contributed by atoms with Crippen molar-refractivity contribution in [1.29, 1.82) is 0 Å². The Bertz CT molecular complexity index is 543. The molecule has 16 heavy (non-hydrogen) atoms. The van der Waals surface area contributed by atoms with E-state index >= 15 is 0 Å². The van der Waals surface area contributed by atoms with Crippen LogP contribution in [0.4, 0.5) is 0 Å². The standard InChI is InChI=1S/C13H11BrOS/c1-8-4-3-5-11(9(8)2)13(15)10-6-12(14)16-7-10/h3-7H,1-2H3. The smallest absolute Gasteiger partial charge is 0.194 e. The molecule has 0 aliphatic heterocycles. The number of carbonyl (C=O) groups is 1. The van der Waals surface area contributed by atoms with Crippen molar-refractivity contribution in [2.45, 2.75) is 13.8 Å². The molecule has 0 radical (unpaired) electrons. The Kier molecular flexibility index (Phi) is 3.26. The SMILES string of the molecule is Cc1cccc(C(=O)c2csc(Br)c2)c1C. The van der Waals surface area contributed by atoms with Crippen molar-refractivity contribution in [1.82, 2.24) is 0 Å². The molecule has 0 unspecified atom stereocenters. The van der Waals surface area contributed by atoms with Crippen molar-refractivity contribution >= 4 is 33.0 Å². The van der Waals surface area contributed by atoms with Crippen LogP contribution in [0.5, 0.6) is 0 Å². The predicted octanol–water partition coefficient (Wildman–Crippen LogP) is 4.36.